The van der Waals surface area contributed by atoms with Crippen LogP contribution < -0.4 is 10.2 Å². The topological polar surface area (TPSA) is 71.0 Å². The Morgan fingerprint density at radius 3 is 2.49 bits per heavy atom. The van der Waals surface area contributed by atoms with Gasteiger partial charge in [0, 0.05) is 5.69 Å². The molecule has 0 amide bonds. The van der Waals surface area contributed by atoms with Crippen LogP contribution in [0.1, 0.15) is 28.6 Å². The number of aromatic nitrogens is 2. The van der Waals surface area contributed by atoms with E-state index < -0.39 is 0 Å². The van der Waals surface area contributed by atoms with Crippen LogP contribution in [0.4, 0.5) is 22.9 Å². The molecule has 2 aliphatic rings. The highest BCUT2D eigenvalue weighted by molar-refractivity contribution is 6.51. The quantitative estimate of drug-likeness (QED) is 0.303. The van der Waals surface area contributed by atoms with Crippen molar-refractivity contribution in [3.63, 3.8) is 0 Å². The van der Waals surface area contributed by atoms with E-state index in [-0.39, 0.29) is 6.04 Å². The molecule has 0 bridgehead atoms. The summed E-state index contributed by atoms with van der Waals surface area (Å²) < 4.78 is 7.95. The van der Waals surface area contributed by atoms with Gasteiger partial charge in [0.2, 0.25) is 0 Å². The summed E-state index contributed by atoms with van der Waals surface area (Å²) in [4.78, 5) is 12.5. The maximum atomic E-state index is 6.04. The van der Waals surface area contributed by atoms with E-state index in [9.17, 15) is 0 Å². The monoisotopic (exact) mass is 484 g/mol. The molecular formula is C30H24N6O. The number of aryl methyl sites for hydroxylation is 2. The zero-order valence-electron chi connectivity index (χ0n) is 20.5. The third-order valence-electron chi connectivity index (χ3n) is 6.73. The Morgan fingerprint density at radius 2 is 1.68 bits per heavy atom. The smallest absolute Gasteiger partial charge is 0.179 e. The van der Waals surface area contributed by atoms with Crippen LogP contribution in [0.2, 0.25) is 0 Å². The lowest BCUT2D eigenvalue weighted by Gasteiger charge is -2.39. The van der Waals surface area contributed by atoms with Crippen molar-refractivity contribution in [1.29, 1.82) is 0 Å². The molecule has 7 rings (SSSR count). The van der Waals surface area contributed by atoms with E-state index in [0.29, 0.717) is 11.7 Å². The number of para-hydroxylation sites is 3. The van der Waals surface area contributed by atoms with Gasteiger partial charge in [-0.25, -0.2) is 14.7 Å². The number of hydrogen-bond acceptors (Lipinski definition) is 6. The van der Waals surface area contributed by atoms with E-state index in [1.807, 2.05) is 84.4 Å². The molecule has 0 saturated heterocycles. The highest BCUT2D eigenvalue weighted by atomic mass is 16.3. The Balaban J connectivity index is 1.49. The molecular weight excluding hydrogens is 460 g/mol. The number of fused-ring (bicyclic) bond motifs is 4. The van der Waals surface area contributed by atoms with Crippen LogP contribution in [-0.2, 0) is 0 Å². The van der Waals surface area contributed by atoms with E-state index in [1.165, 1.54) is 0 Å². The standard InChI is InChI=1S/C30H24N6O/c1-19-10-8-11-21(18-19)31-28-30-33-29-26(20(2)34-36(29)22-12-4-3-5-13-22)27(25-16-9-17-37-25)35(30)24-15-7-6-14-23(24)32-28/h3-18,27H,1-2H3,(H,31,32)/t27-/m0/s1. The number of benzene rings is 3. The summed E-state index contributed by atoms with van der Waals surface area (Å²) in [6, 6.07) is 30.2. The summed E-state index contributed by atoms with van der Waals surface area (Å²) >= 11 is 0. The van der Waals surface area contributed by atoms with Crippen molar-refractivity contribution in [3.05, 3.63) is 120 Å². The first-order chi connectivity index (χ1) is 18.2. The summed E-state index contributed by atoms with van der Waals surface area (Å²) in [5, 5.41) is 8.48. The van der Waals surface area contributed by atoms with Gasteiger partial charge in [0.15, 0.2) is 17.5 Å². The third-order valence-corrected chi connectivity index (χ3v) is 6.73. The molecule has 1 atom stereocenters. The SMILES string of the molecule is Cc1cccc(NC2=Nc3ccccc3N3C2=Nc2c(c(C)nn2-c2ccccc2)[C@@H]3c2ccco2)c1. The molecule has 1 N–H and O–H groups in total. The predicted molar refractivity (Wildman–Crippen MR) is 147 cm³/mol. The minimum Gasteiger partial charge on any atom is -0.467 e. The number of hydrogen-bond donors (Lipinski definition) is 1. The maximum Gasteiger partial charge on any atom is 0.179 e. The van der Waals surface area contributed by atoms with Gasteiger partial charge in [0.05, 0.1) is 34.6 Å². The molecule has 0 spiro atoms. The van der Waals surface area contributed by atoms with E-state index in [2.05, 4.69) is 35.3 Å². The fourth-order valence-corrected chi connectivity index (χ4v) is 5.12. The second kappa shape index (κ2) is 8.34. The van der Waals surface area contributed by atoms with Crippen molar-refractivity contribution >= 4 is 34.6 Å². The maximum absolute atomic E-state index is 6.04. The third kappa shape index (κ3) is 3.47. The fourth-order valence-electron chi connectivity index (χ4n) is 5.12. The minimum absolute atomic E-state index is 0.263. The van der Waals surface area contributed by atoms with Gasteiger partial charge in [-0.1, -0.05) is 42.5 Å². The van der Waals surface area contributed by atoms with Crippen LogP contribution in [-0.4, -0.2) is 21.5 Å². The van der Waals surface area contributed by atoms with Crippen LogP contribution in [0.5, 0.6) is 0 Å². The summed E-state index contributed by atoms with van der Waals surface area (Å²) in [7, 11) is 0. The summed E-state index contributed by atoms with van der Waals surface area (Å²) in [6.07, 6.45) is 1.72. The predicted octanol–water partition coefficient (Wildman–Crippen LogP) is 6.88. The van der Waals surface area contributed by atoms with Gasteiger partial charge in [-0.15, -0.1) is 0 Å². The van der Waals surface area contributed by atoms with Gasteiger partial charge in [-0.3, -0.25) is 0 Å². The number of furan rings is 1. The van der Waals surface area contributed by atoms with Gasteiger partial charge < -0.3 is 14.6 Å². The number of nitrogens with zero attached hydrogens (tertiary/aromatic N) is 5. The molecule has 5 aromatic rings. The van der Waals surface area contributed by atoms with E-state index in [4.69, 9.17) is 19.5 Å². The fraction of sp³-hybridized carbons (Fsp3) is 0.100. The van der Waals surface area contributed by atoms with Crippen molar-refractivity contribution in [2.75, 3.05) is 10.2 Å². The molecule has 7 heteroatoms. The van der Waals surface area contributed by atoms with Crippen LogP contribution >= 0.6 is 0 Å². The van der Waals surface area contributed by atoms with Gasteiger partial charge >= 0.3 is 0 Å². The zero-order valence-corrected chi connectivity index (χ0v) is 20.5. The van der Waals surface area contributed by atoms with Crippen molar-refractivity contribution in [2.24, 2.45) is 9.98 Å². The van der Waals surface area contributed by atoms with Crippen molar-refractivity contribution in [2.45, 2.75) is 19.9 Å². The van der Waals surface area contributed by atoms with Gasteiger partial charge in [0.1, 0.15) is 11.8 Å². The molecule has 7 nitrogen and oxygen atoms in total. The number of rotatable bonds is 3. The minimum atomic E-state index is -0.263. The molecule has 3 aromatic carbocycles. The lowest BCUT2D eigenvalue weighted by molar-refractivity contribution is 0.487. The lowest BCUT2D eigenvalue weighted by atomic mass is 9.98. The van der Waals surface area contributed by atoms with Crippen LogP contribution in [0, 0.1) is 13.8 Å². The average Bonchev–Trinajstić information content (AvgIpc) is 3.57. The molecule has 37 heavy (non-hydrogen) atoms. The van der Waals surface area contributed by atoms with Gasteiger partial charge in [0.25, 0.3) is 0 Å². The highest BCUT2D eigenvalue weighted by Gasteiger charge is 2.42. The largest absolute Gasteiger partial charge is 0.467 e. The van der Waals surface area contributed by atoms with E-state index in [0.717, 1.165) is 51.1 Å². The molecule has 4 heterocycles. The Hall–Kier alpha value is -4.91. The van der Waals surface area contributed by atoms with Crippen LogP contribution in [0.25, 0.3) is 5.69 Å². The van der Waals surface area contributed by atoms with Crippen LogP contribution in [0.3, 0.4) is 0 Å². The molecule has 0 fully saturated rings. The normalized spacial score (nSPS) is 15.8. The van der Waals surface area contributed by atoms with Gasteiger partial charge in [-0.2, -0.15) is 5.10 Å². The first-order valence-corrected chi connectivity index (χ1v) is 12.3. The van der Waals surface area contributed by atoms with Gasteiger partial charge in [-0.05, 0) is 67.9 Å². The second-order valence-corrected chi connectivity index (χ2v) is 9.24. The molecule has 0 aliphatic carbocycles. The van der Waals surface area contributed by atoms with E-state index in [1.54, 1.807) is 6.26 Å². The number of anilines is 2. The summed E-state index contributed by atoms with van der Waals surface area (Å²) in [6.45, 7) is 4.11. The molecule has 0 unspecified atom stereocenters. The Bertz CT molecular complexity index is 1680. The molecule has 0 radical (unpaired) electrons. The first-order valence-electron chi connectivity index (χ1n) is 12.3. The Labute approximate surface area is 214 Å². The van der Waals surface area contributed by atoms with E-state index >= 15 is 0 Å². The van der Waals surface area contributed by atoms with Crippen LogP contribution in [0.15, 0.2) is 112 Å². The van der Waals surface area contributed by atoms with Crippen molar-refractivity contribution in [1.82, 2.24) is 9.78 Å². The molecule has 2 aromatic heterocycles. The second-order valence-electron chi connectivity index (χ2n) is 9.24. The average molecular weight is 485 g/mol. The van der Waals surface area contributed by atoms with Crippen molar-refractivity contribution in [3.8, 4) is 5.69 Å². The molecule has 2 aliphatic heterocycles. The summed E-state index contributed by atoms with van der Waals surface area (Å²) in [5.74, 6) is 2.97. The lowest BCUT2D eigenvalue weighted by Crippen LogP contribution is -2.46. The Kier molecular flexibility index (Phi) is 4.82. The molecule has 0 saturated carbocycles. The Morgan fingerprint density at radius 1 is 0.838 bits per heavy atom. The summed E-state index contributed by atoms with van der Waals surface area (Å²) in [5.41, 5.74) is 6.81. The number of nitrogens with one attached hydrogen (secondary N) is 1. The molecule has 180 valence electrons. The van der Waals surface area contributed by atoms with Crippen molar-refractivity contribution < 1.29 is 4.42 Å². The number of amidine groups is 2. The number of aliphatic imine (C=N–C) groups is 2. The highest BCUT2D eigenvalue weighted by Crippen LogP contribution is 2.48. The first kappa shape index (κ1) is 21.4. The zero-order chi connectivity index (χ0) is 24.9.